The summed E-state index contributed by atoms with van der Waals surface area (Å²) in [6.45, 7) is 7.60. The molecule has 3 unspecified atom stereocenters. The minimum absolute atomic E-state index is 0.159. The molecule has 7 heteroatoms. The zero-order chi connectivity index (χ0) is 24.4. The van der Waals surface area contributed by atoms with Gasteiger partial charge in [0, 0.05) is 28.8 Å². The fourth-order valence-electron chi connectivity index (χ4n) is 4.88. The summed E-state index contributed by atoms with van der Waals surface area (Å²) in [5.41, 5.74) is 3.93. The first kappa shape index (κ1) is 23.5. The number of hydrogen-bond donors (Lipinski definition) is 1. The number of hydrogen-bond acceptors (Lipinski definition) is 7. The largest absolute Gasteiger partial charge is 0.469 e. The third kappa shape index (κ3) is 4.18. The van der Waals surface area contributed by atoms with Crippen LogP contribution in [0.5, 0.6) is 0 Å². The molecule has 1 aromatic heterocycles. The van der Waals surface area contributed by atoms with Gasteiger partial charge in [0.25, 0.3) is 0 Å². The molecule has 7 nitrogen and oxygen atoms in total. The van der Waals surface area contributed by atoms with Crippen molar-refractivity contribution in [1.29, 1.82) is 0 Å². The third-order valence-corrected chi connectivity index (χ3v) is 6.37. The number of benzene rings is 1. The van der Waals surface area contributed by atoms with Crippen LogP contribution in [0.4, 0.5) is 0 Å². The lowest BCUT2D eigenvalue weighted by Gasteiger charge is -2.38. The highest BCUT2D eigenvalue weighted by atomic mass is 16.5. The number of dihydropyridines is 1. The maximum Gasteiger partial charge on any atom is 0.336 e. The Morgan fingerprint density at radius 1 is 1.06 bits per heavy atom. The van der Waals surface area contributed by atoms with Crippen molar-refractivity contribution < 1.29 is 28.3 Å². The summed E-state index contributed by atoms with van der Waals surface area (Å²) in [6.07, 6.45) is 1.90. The van der Waals surface area contributed by atoms with Crippen molar-refractivity contribution in [3.05, 3.63) is 82.1 Å². The number of Topliss-reactive ketones (excluding diaryl/α,β-unsaturated/α-hetero) is 1. The summed E-state index contributed by atoms with van der Waals surface area (Å²) in [7, 11) is 0. The van der Waals surface area contributed by atoms with Crippen LogP contribution in [-0.4, -0.2) is 30.9 Å². The van der Waals surface area contributed by atoms with Crippen molar-refractivity contribution in [2.24, 2.45) is 5.92 Å². The van der Waals surface area contributed by atoms with Crippen LogP contribution in [0.25, 0.3) is 0 Å². The zero-order valence-corrected chi connectivity index (χ0v) is 19.8. The Morgan fingerprint density at radius 2 is 1.76 bits per heavy atom. The average Bonchev–Trinajstić information content (AvgIpc) is 3.33. The van der Waals surface area contributed by atoms with Gasteiger partial charge in [-0.15, -0.1) is 0 Å². The highest BCUT2D eigenvalue weighted by Gasteiger charge is 2.49. The summed E-state index contributed by atoms with van der Waals surface area (Å²) in [5, 5.41) is 3.28. The first-order valence-corrected chi connectivity index (χ1v) is 11.6. The normalized spacial score (nSPS) is 22.2. The standard InChI is InChI=1S/C27H29NO6/c1-5-32-26(30)21-16(4)28-19-14-18(20-8-7-13-34-20)23(27(31)33-6-2)25(29)24(19)22(21)17-11-9-15(3)10-12-17/h7-13,18,22-23,28H,5-6,14H2,1-4H3. The van der Waals surface area contributed by atoms with E-state index in [1.54, 1.807) is 32.9 Å². The van der Waals surface area contributed by atoms with Crippen molar-refractivity contribution in [3.8, 4) is 0 Å². The van der Waals surface area contributed by atoms with E-state index >= 15 is 0 Å². The van der Waals surface area contributed by atoms with Gasteiger partial charge in [-0.25, -0.2) is 4.79 Å². The molecule has 0 bridgehead atoms. The van der Waals surface area contributed by atoms with Crippen LogP contribution < -0.4 is 5.32 Å². The van der Waals surface area contributed by atoms with E-state index in [0.717, 1.165) is 11.1 Å². The van der Waals surface area contributed by atoms with Gasteiger partial charge >= 0.3 is 11.9 Å². The average molecular weight is 464 g/mol. The van der Waals surface area contributed by atoms with Gasteiger partial charge in [0.2, 0.25) is 0 Å². The fourth-order valence-corrected chi connectivity index (χ4v) is 4.88. The second-order valence-corrected chi connectivity index (χ2v) is 8.54. The van der Waals surface area contributed by atoms with Gasteiger partial charge in [0.1, 0.15) is 11.7 Å². The van der Waals surface area contributed by atoms with Gasteiger partial charge < -0.3 is 19.2 Å². The Kier molecular flexibility index (Phi) is 6.72. The van der Waals surface area contributed by atoms with Gasteiger partial charge in [-0.1, -0.05) is 29.8 Å². The molecule has 2 aromatic rings. The van der Waals surface area contributed by atoms with Crippen LogP contribution in [0.3, 0.4) is 0 Å². The number of carbonyl (C=O) groups excluding carboxylic acids is 3. The van der Waals surface area contributed by atoms with Crippen molar-refractivity contribution in [1.82, 2.24) is 5.32 Å². The molecule has 178 valence electrons. The smallest absolute Gasteiger partial charge is 0.336 e. The van der Waals surface area contributed by atoms with E-state index in [1.807, 2.05) is 31.2 Å². The SMILES string of the molecule is CCOC(=O)C1=C(C)NC2=C(C(=O)C(C(=O)OCC)C(c3ccco3)C2)C1c1ccc(C)cc1. The topological polar surface area (TPSA) is 94.8 Å². The van der Waals surface area contributed by atoms with Crippen LogP contribution in [0.2, 0.25) is 0 Å². The number of furan rings is 1. The maximum absolute atomic E-state index is 14.0. The van der Waals surface area contributed by atoms with Crippen molar-refractivity contribution in [2.75, 3.05) is 13.2 Å². The second-order valence-electron chi connectivity index (χ2n) is 8.54. The van der Waals surface area contributed by atoms with E-state index in [4.69, 9.17) is 13.9 Å². The van der Waals surface area contributed by atoms with Crippen LogP contribution >= 0.6 is 0 Å². The number of carbonyl (C=O) groups is 3. The van der Waals surface area contributed by atoms with Crippen LogP contribution in [0.15, 0.2) is 69.6 Å². The van der Waals surface area contributed by atoms with E-state index in [1.165, 1.54) is 6.26 Å². The Hall–Kier alpha value is -3.61. The van der Waals surface area contributed by atoms with E-state index in [9.17, 15) is 14.4 Å². The molecule has 3 atom stereocenters. The molecule has 1 N–H and O–H groups in total. The highest BCUT2D eigenvalue weighted by molar-refractivity contribution is 6.13. The maximum atomic E-state index is 14.0. The third-order valence-electron chi connectivity index (χ3n) is 6.37. The molecule has 34 heavy (non-hydrogen) atoms. The quantitative estimate of drug-likeness (QED) is 0.504. The number of nitrogens with one attached hydrogen (secondary N) is 1. The van der Waals surface area contributed by atoms with Crippen LogP contribution in [-0.2, 0) is 23.9 Å². The number of esters is 2. The number of aryl methyl sites for hydroxylation is 1. The lowest BCUT2D eigenvalue weighted by Crippen LogP contribution is -2.43. The molecular weight excluding hydrogens is 434 g/mol. The Morgan fingerprint density at radius 3 is 2.38 bits per heavy atom. The molecule has 0 spiro atoms. The lowest BCUT2D eigenvalue weighted by atomic mass is 9.68. The van der Waals surface area contributed by atoms with Gasteiger partial charge in [-0.05, 0) is 51.8 Å². The number of allylic oxidation sites excluding steroid dienone is 3. The molecule has 1 aromatic carbocycles. The molecule has 2 heterocycles. The van der Waals surface area contributed by atoms with Gasteiger partial charge in [-0.2, -0.15) is 0 Å². The predicted molar refractivity (Wildman–Crippen MR) is 125 cm³/mol. The summed E-state index contributed by atoms with van der Waals surface area (Å²) in [4.78, 5) is 40.1. The lowest BCUT2D eigenvalue weighted by molar-refractivity contribution is -0.152. The van der Waals surface area contributed by atoms with Crippen LogP contribution in [0.1, 0.15) is 55.9 Å². The van der Waals surface area contributed by atoms with E-state index in [2.05, 4.69) is 5.32 Å². The van der Waals surface area contributed by atoms with Gasteiger partial charge in [-0.3, -0.25) is 9.59 Å². The number of ether oxygens (including phenoxy) is 2. The van der Waals surface area contributed by atoms with Crippen molar-refractivity contribution in [3.63, 3.8) is 0 Å². The monoisotopic (exact) mass is 463 g/mol. The van der Waals surface area contributed by atoms with Crippen molar-refractivity contribution >= 4 is 17.7 Å². The minimum Gasteiger partial charge on any atom is -0.469 e. The number of rotatable bonds is 6. The second kappa shape index (κ2) is 9.71. The Bertz CT molecular complexity index is 1160. The van der Waals surface area contributed by atoms with Crippen molar-refractivity contribution in [2.45, 2.75) is 46.0 Å². The molecule has 4 rings (SSSR count). The molecule has 2 aliphatic rings. The molecular formula is C27H29NO6. The molecule has 0 radical (unpaired) electrons. The minimum atomic E-state index is -1.07. The van der Waals surface area contributed by atoms with E-state index in [0.29, 0.717) is 34.7 Å². The summed E-state index contributed by atoms with van der Waals surface area (Å²) >= 11 is 0. The number of ketones is 1. The van der Waals surface area contributed by atoms with Gasteiger partial charge in [0.05, 0.1) is 25.1 Å². The first-order chi connectivity index (χ1) is 16.4. The molecule has 0 fully saturated rings. The Balaban J connectivity index is 1.88. The molecule has 0 saturated heterocycles. The zero-order valence-electron chi connectivity index (χ0n) is 19.8. The summed E-state index contributed by atoms with van der Waals surface area (Å²) < 4.78 is 16.3. The summed E-state index contributed by atoms with van der Waals surface area (Å²) in [6, 6.07) is 11.2. The molecule has 0 saturated carbocycles. The summed E-state index contributed by atoms with van der Waals surface area (Å²) in [5.74, 6) is -3.13. The highest BCUT2D eigenvalue weighted by Crippen LogP contribution is 2.48. The Labute approximate surface area is 198 Å². The fraction of sp³-hybridized carbons (Fsp3) is 0.370. The molecule has 1 aliphatic carbocycles. The first-order valence-electron chi connectivity index (χ1n) is 11.6. The van der Waals surface area contributed by atoms with Gasteiger partial charge in [0.15, 0.2) is 5.78 Å². The van der Waals surface area contributed by atoms with E-state index < -0.39 is 29.7 Å². The predicted octanol–water partition coefficient (Wildman–Crippen LogP) is 4.30. The van der Waals surface area contributed by atoms with E-state index in [-0.39, 0.29) is 19.0 Å². The molecule has 1 aliphatic heterocycles. The molecule has 0 amide bonds. The van der Waals surface area contributed by atoms with Crippen LogP contribution in [0, 0.1) is 12.8 Å².